The second kappa shape index (κ2) is 16.7. The number of cyclic esters (lactones) is 2. The van der Waals surface area contributed by atoms with Gasteiger partial charge in [0.2, 0.25) is 0 Å². The molecule has 2 bridgehead atoms. The Hall–Kier alpha value is -4.80. The van der Waals surface area contributed by atoms with Gasteiger partial charge in [-0.05, 0) is 171 Å². The summed E-state index contributed by atoms with van der Waals surface area (Å²) in [5.41, 5.74) is 7.16. The number of piperidine rings is 1. The average molecular weight is 797 g/mol. The molecule has 1 spiro atoms. The maximum absolute atomic E-state index is 14.8. The van der Waals surface area contributed by atoms with E-state index in [1.807, 2.05) is 49.5 Å². The summed E-state index contributed by atoms with van der Waals surface area (Å²) in [5.74, 6) is 0.528. The first kappa shape index (κ1) is 39.6. The van der Waals surface area contributed by atoms with Gasteiger partial charge in [0.1, 0.15) is 17.3 Å². The lowest BCUT2D eigenvalue weighted by molar-refractivity contribution is -0.135. The highest BCUT2D eigenvalue weighted by Gasteiger charge is 2.68. The number of carbonyl (C=O) groups is 2. The van der Waals surface area contributed by atoms with Gasteiger partial charge in [-0.25, -0.2) is 9.59 Å². The van der Waals surface area contributed by atoms with E-state index in [0.29, 0.717) is 67.2 Å². The minimum atomic E-state index is -0.939. The van der Waals surface area contributed by atoms with E-state index in [4.69, 9.17) is 9.47 Å². The molecule has 9 nitrogen and oxygen atoms in total. The molecule has 6 atom stereocenters. The van der Waals surface area contributed by atoms with Crippen LogP contribution >= 0.6 is 0 Å². The molecule has 3 heterocycles. The molecule has 3 aliphatic heterocycles. The number of ether oxygens (including phenoxy) is 2. The Labute approximate surface area is 346 Å². The van der Waals surface area contributed by atoms with E-state index in [1.165, 1.54) is 0 Å². The summed E-state index contributed by atoms with van der Waals surface area (Å²) in [7, 11) is 1.92. The van der Waals surface area contributed by atoms with Crippen LogP contribution in [0.25, 0.3) is 16.7 Å². The standard InChI is InChI=1S/C50H56N2O7/c1-51-28-32-8-5-9-34(25-32)37-12-11-36(55)27-41(37)44-38-16-20-50(43(59-49(57)47(44)50)26-31(19-23-53)24-30-6-3-2-4-7-30)46-39(38)13-14-40-42(58-48(56)45(40)46)15-10-35(29-54)33-17-21-52-22-18-33/h2-9,11-12,15,25-27,31,33,35,38-39,46,51-55H,10,13-14,16-24,28-29H2,1H3/t31-,35-,38-,39-,46-,50+/m1/s1. The van der Waals surface area contributed by atoms with Crippen molar-refractivity contribution in [3.05, 3.63) is 130 Å². The van der Waals surface area contributed by atoms with Gasteiger partial charge in [0.25, 0.3) is 0 Å². The van der Waals surface area contributed by atoms with Crippen molar-refractivity contribution in [2.45, 2.75) is 64.3 Å². The number of aromatic hydroxyl groups is 1. The van der Waals surface area contributed by atoms with Crippen LogP contribution in [0.4, 0.5) is 0 Å². The van der Waals surface area contributed by atoms with Gasteiger partial charge in [-0.3, -0.25) is 0 Å². The first-order chi connectivity index (χ1) is 28.8. The highest BCUT2D eigenvalue weighted by Crippen LogP contribution is 2.72. The summed E-state index contributed by atoms with van der Waals surface area (Å²) in [6.07, 6.45) is 10.8. The number of hydrogen-bond donors (Lipinski definition) is 5. The number of nitrogens with one attached hydrogen (secondary N) is 2. The molecule has 0 aromatic heterocycles. The third-order valence-corrected chi connectivity index (χ3v) is 14.4. The topological polar surface area (TPSA) is 137 Å². The van der Waals surface area contributed by atoms with E-state index in [1.54, 1.807) is 6.07 Å². The van der Waals surface area contributed by atoms with E-state index in [9.17, 15) is 24.9 Å². The lowest BCUT2D eigenvalue weighted by Crippen LogP contribution is -2.52. The number of aliphatic hydroxyl groups excluding tert-OH is 2. The molecule has 0 radical (unpaired) electrons. The zero-order valence-electron chi connectivity index (χ0n) is 33.9. The van der Waals surface area contributed by atoms with Crippen molar-refractivity contribution in [1.82, 2.24) is 10.6 Å². The Balaban J connectivity index is 1.21. The summed E-state index contributed by atoms with van der Waals surface area (Å²) in [6, 6.07) is 24.0. The van der Waals surface area contributed by atoms with Crippen molar-refractivity contribution in [1.29, 1.82) is 0 Å². The van der Waals surface area contributed by atoms with E-state index in [-0.39, 0.29) is 54.5 Å². The van der Waals surface area contributed by atoms with Crippen molar-refractivity contribution in [2.75, 3.05) is 33.4 Å². The van der Waals surface area contributed by atoms with Gasteiger partial charge in [0.15, 0.2) is 0 Å². The minimum Gasteiger partial charge on any atom is -0.508 e. The summed E-state index contributed by atoms with van der Waals surface area (Å²) in [4.78, 5) is 29.2. The van der Waals surface area contributed by atoms with E-state index in [2.05, 4.69) is 47.0 Å². The molecule has 2 saturated heterocycles. The number of esters is 2. The smallest absolute Gasteiger partial charge is 0.340 e. The summed E-state index contributed by atoms with van der Waals surface area (Å²) < 4.78 is 12.7. The Morgan fingerprint density at radius 3 is 2.49 bits per heavy atom. The zero-order valence-corrected chi connectivity index (χ0v) is 33.9. The van der Waals surface area contributed by atoms with Gasteiger partial charge in [-0.1, -0.05) is 54.6 Å². The normalized spacial score (nSPS) is 27.5. The van der Waals surface area contributed by atoms with Crippen LogP contribution in [-0.4, -0.2) is 60.6 Å². The molecule has 3 fully saturated rings. The molecule has 7 aliphatic rings. The number of benzene rings is 3. The highest BCUT2D eigenvalue weighted by molar-refractivity contribution is 6.07. The lowest BCUT2D eigenvalue weighted by atomic mass is 9.44. The number of phenols is 1. The van der Waals surface area contributed by atoms with E-state index in [0.717, 1.165) is 77.7 Å². The molecule has 3 aromatic carbocycles. The molecular weight excluding hydrogens is 741 g/mol. The maximum atomic E-state index is 14.8. The number of carbonyl (C=O) groups excluding carboxylic acids is 2. The SMILES string of the molecule is CNCc1cccc(-c2ccc(O)cc2C2=C3C(=O)OC(=C[C@H](CCO)Cc4ccccc4)[C@]34CC[C@@H]2[C@H]2CCC3=C(C(=O)OC3=CC[C@H](CO)C3CCNCC3)[C@@H]24)c1. The second-order valence-electron chi connectivity index (χ2n) is 17.5. The number of hydrogen-bond acceptors (Lipinski definition) is 9. The van der Waals surface area contributed by atoms with Crippen LogP contribution < -0.4 is 10.6 Å². The van der Waals surface area contributed by atoms with Crippen molar-refractivity contribution in [3.63, 3.8) is 0 Å². The predicted octanol–water partition coefficient (Wildman–Crippen LogP) is 7.39. The minimum absolute atomic E-state index is 0.0159. The molecule has 9 heteroatoms. The molecule has 10 rings (SSSR count). The third-order valence-electron chi connectivity index (χ3n) is 14.4. The Kier molecular flexibility index (Phi) is 11.2. The fourth-order valence-corrected chi connectivity index (χ4v) is 11.8. The Bertz CT molecular complexity index is 2230. The molecule has 0 amide bonds. The highest BCUT2D eigenvalue weighted by atomic mass is 16.6. The number of phenolic OH excluding ortho intramolecular Hbond substituents is 1. The molecule has 4 aliphatic carbocycles. The monoisotopic (exact) mass is 796 g/mol. The first-order valence-corrected chi connectivity index (χ1v) is 21.7. The number of fused-ring (bicyclic) bond motifs is 1. The van der Waals surface area contributed by atoms with Crippen molar-refractivity contribution in [2.24, 2.45) is 40.9 Å². The largest absolute Gasteiger partial charge is 0.508 e. The third kappa shape index (κ3) is 7.10. The predicted molar refractivity (Wildman–Crippen MR) is 226 cm³/mol. The van der Waals surface area contributed by atoms with Gasteiger partial charge < -0.3 is 35.4 Å². The number of allylic oxidation sites excluding steroid dienone is 5. The fourth-order valence-electron chi connectivity index (χ4n) is 11.8. The van der Waals surface area contributed by atoms with Gasteiger partial charge in [-0.2, -0.15) is 0 Å². The fraction of sp³-hybridized carbons (Fsp3) is 0.440. The van der Waals surface area contributed by atoms with Crippen LogP contribution in [-0.2, 0) is 32.0 Å². The number of rotatable bonds is 13. The molecule has 308 valence electrons. The van der Waals surface area contributed by atoms with Crippen LogP contribution in [0.15, 0.2) is 113 Å². The quantitative estimate of drug-likeness (QED) is 0.112. The van der Waals surface area contributed by atoms with Gasteiger partial charge in [0.05, 0.1) is 11.0 Å². The Morgan fingerprint density at radius 2 is 1.71 bits per heavy atom. The van der Waals surface area contributed by atoms with Crippen LogP contribution in [0.5, 0.6) is 5.75 Å². The summed E-state index contributed by atoms with van der Waals surface area (Å²) >= 11 is 0. The van der Waals surface area contributed by atoms with E-state index < -0.39 is 11.4 Å². The van der Waals surface area contributed by atoms with Crippen LogP contribution in [0.3, 0.4) is 0 Å². The lowest BCUT2D eigenvalue weighted by Gasteiger charge is -2.56. The first-order valence-electron chi connectivity index (χ1n) is 21.7. The zero-order chi connectivity index (χ0) is 40.7. The van der Waals surface area contributed by atoms with E-state index >= 15 is 0 Å². The van der Waals surface area contributed by atoms with Crippen LogP contribution in [0.2, 0.25) is 0 Å². The second-order valence-corrected chi connectivity index (χ2v) is 17.5. The van der Waals surface area contributed by atoms with Crippen molar-refractivity contribution in [3.8, 4) is 16.9 Å². The summed E-state index contributed by atoms with van der Waals surface area (Å²) in [6.45, 7) is 2.65. The molecule has 59 heavy (non-hydrogen) atoms. The molecule has 3 aromatic rings. The molecule has 1 saturated carbocycles. The molecule has 5 N–H and O–H groups in total. The molecular formula is C50H56N2O7. The van der Waals surface area contributed by atoms with Crippen molar-refractivity contribution < 1.29 is 34.4 Å². The van der Waals surface area contributed by atoms with Gasteiger partial charge in [-0.15, -0.1) is 0 Å². The summed E-state index contributed by atoms with van der Waals surface area (Å²) in [5, 5.41) is 38.5. The Morgan fingerprint density at radius 1 is 0.898 bits per heavy atom. The number of aliphatic hydroxyl groups is 2. The van der Waals surface area contributed by atoms with Crippen LogP contribution in [0.1, 0.15) is 68.1 Å². The van der Waals surface area contributed by atoms with Crippen LogP contribution in [0, 0.1) is 40.9 Å². The maximum Gasteiger partial charge on any atom is 0.340 e. The molecule has 0 unspecified atom stereocenters. The average Bonchev–Trinajstić information content (AvgIpc) is 3.74. The van der Waals surface area contributed by atoms with Crippen molar-refractivity contribution >= 4 is 17.5 Å². The van der Waals surface area contributed by atoms with Gasteiger partial charge in [0, 0.05) is 36.8 Å². The van der Waals surface area contributed by atoms with Gasteiger partial charge >= 0.3 is 11.9 Å².